The average molecular weight is 833 g/mol. The molecule has 7 rings (SSSR count). The molecule has 14 nitrogen and oxygen atoms in total. The van der Waals surface area contributed by atoms with Crippen molar-refractivity contribution in [2.24, 2.45) is 0 Å². The molecular formula is C44H56N4O10S. The van der Waals surface area contributed by atoms with Gasteiger partial charge in [-0.1, -0.05) is 6.07 Å². The number of aromatic nitrogens is 1. The Labute approximate surface area is 349 Å². The quantitative estimate of drug-likeness (QED) is 0.0975. The minimum absolute atomic E-state index is 0.0292. The van der Waals surface area contributed by atoms with Gasteiger partial charge in [-0.2, -0.15) is 11.8 Å². The summed E-state index contributed by atoms with van der Waals surface area (Å²) in [6, 6.07) is 5.83. The Bertz CT molecular complexity index is 2230. The number of ether oxygens (including phenoxy) is 6. The number of nitrogens with zero attached hydrogens (tertiary/aromatic N) is 2. The SMILES string of the molecule is CN[C@@H]1c2c(cc(C)c(OC)c2O)CCCN(C(COC(=O)C2c3[nH]c4ccc(OC)cc4c3CCN2CCO)c2c(C)c(OC(C)=O)c(C)c3c2OCO3)C1CSC. The lowest BCUT2D eigenvalue weighted by molar-refractivity contribution is -0.153. The second-order valence-corrected chi connectivity index (χ2v) is 16.3. The Hall–Kier alpha value is -4.67. The van der Waals surface area contributed by atoms with Crippen LogP contribution >= 0.6 is 11.8 Å². The molecule has 59 heavy (non-hydrogen) atoms. The van der Waals surface area contributed by atoms with E-state index in [0.29, 0.717) is 71.4 Å². The molecule has 3 unspecified atom stereocenters. The fourth-order valence-electron chi connectivity index (χ4n) is 9.56. The molecule has 0 bridgehead atoms. The molecule has 0 radical (unpaired) electrons. The van der Waals surface area contributed by atoms with Crippen LogP contribution in [0, 0.1) is 20.8 Å². The second kappa shape index (κ2) is 17.9. The number of β-amino-alcohol motifs (C(OH)–C–C–N with tert-alkyl or cyclic N) is 1. The zero-order valence-corrected chi connectivity index (χ0v) is 36.0. The van der Waals surface area contributed by atoms with Crippen molar-refractivity contribution < 1.29 is 48.2 Å². The van der Waals surface area contributed by atoms with Gasteiger partial charge in [0.05, 0.1) is 32.9 Å². The highest BCUT2D eigenvalue weighted by Gasteiger charge is 2.43. The lowest BCUT2D eigenvalue weighted by Gasteiger charge is -2.44. The Morgan fingerprint density at radius 3 is 2.53 bits per heavy atom. The zero-order valence-electron chi connectivity index (χ0n) is 35.2. The Morgan fingerprint density at radius 2 is 1.83 bits per heavy atom. The number of carbonyl (C=O) groups excluding carboxylic acids is 2. The molecule has 4 aromatic rings. The van der Waals surface area contributed by atoms with Crippen LogP contribution in [-0.2, 0) is 27.2 Å². The molecule has 0 amide bonds. The highest BCUT2D eigenvalue weighted by molar-refractivity contribution is 7.98. The summed E-state index contributed by atoms with van der Waals surface area (Å²) in [4.78, 5) is 35.2. The van der Waals surface area contributed by atoms with Gasteiger partial charge >= 0.3 is 11.9 Å². The number of fused-ring (bicyclic) bond motifs is 5. The molecule has 318 valence electrons. The van der Waals surface area contributed by atoms with Crippen LogP contribution in [0.5, 0.6) is 34.5 Å². The van der Waals surface area contributed by atoms with Gasteiger partial charge in [-0.3, -0.25) is 14.6 Å². The van der Waals surface area contributed by atoms with Crippen LogP contribution < -0.4 is 29.0 Å². The van der Waals surface area contributed by atoms with Gasteiger partial charge in [0.2, 0.25) is 6.79 Å². The molecule has 3 aromatic carbocycles. The predicted molar refractivity (Wildman–Crippen MR) is 225 cm³/mol. The van der Waals surface area contributed by atoms with E-state index in [1.165, 1.54) is 6.92 Å². The lowest BCUT2D eigenvalue weighted by Crippen LogP contribution is -2.50. The third-order valence-electron chi connectivity index (χ3n) is 12.1. The molecule has 0 saturated carbocycles. The summed E-state index contributed by atoms with van der Waals surface area (Å²) >= 11 is 1.68. The van der Waals surface area contributed by atoms with E-state index in [1.807, 2.05) is 57.2 Å². The first kappa shape index (κ1) is 42.5. The number of aryl methyl sites for hydroxylation is 2. The number of benzene rings is 3. The summed E-state index contributed by atoms with van der Waals surface area (Å²) in [6.07, 6.45) is 4.12. The monoisotopic (exact) mass is 832 g/mol. The van der Waals surface area contributed by atoms with Crippen molar-refractivity contribution in [2.45, 2.75) is 71.1 Å². The molecule has 0 fully saturated rings. The Morgan fingerprint density at radius 1 is 1.05 bits per heavy atom. The topological polar surface area (TPSA) is 164 Å². The lowest BCUT2D eigenvalue weighted by atomic mass is 9.85. The van der Waals surface area contributed by atoms with Crippen LogP contribution in [0.3, 0.4) is 0 Å². The number of aromatic hydroxyl groups is 1. The number of esters is 2. The number of methoxy groups -OCH3 is 2. The van der Waals surface area contributed by atoms with E-state index in [9.17, 15) is 19.8 Å². The molecule has 4 heterocycles. The summed E-state index contributed by atoms with van der Waals surface area (Å²) in [5.41, 5.74) is 7.29. The van der Waals surface area contributed by atoms with Crippen molar-refractivity contribution in [2.75, 3.05) is 72.9 Å². The molecule has 3 aliphatic rings. The van der Waals surface area contributed by atoms with Gasteiger partial charge in [0, 0.05) is 70.7 Å². The Kier molecular flexibility index (Phi) is 12.9. The minimum Gasteiger partial charge on any atom is -0.504 e. The van der Waals surface area contributed by atoms with Crippen LogP contribution in [0.15, 0.2) is 24.3 Å². The van der Waals surface area contributed by atoms with Crippen LogP contribution in [0.1, 0.15) is 76.1 Å². The number of carbonyl (C=O) groups is 2. The fourth-order valence-corrected chi connectivity index (χ4v) is 10.3. The van der Waals surface area contributed by atoms with E-state index in [4.69, 9.17) is 28.4 Å². The number of likely N-dealkylation sites (N-methyl/N-ethyl adjacent to an activating group) is 1. The van der Waals surface area contributed by atoms with Gasteiger partial charge in [0.1, 0.15) is 24.1 Å². The van der Waals surface area contributed by atoms with Crippen molar-refractivity contribution in [3.8, 4) is 34.5 Å². The molecule has 0 spiro atoms. The van der Waals surface area contributed by atoms with Crippen molar-refractivity contribution in [1.29, 1.82) is 0 Å². The molecule has 15 heteroatoms. The second-order valence-electron chi connectivity index (χ2n) is 15.4. The molecule has 0 saturated heterocycles. The van der Waals surface area contributed by atoms with Gasteiger partial charge in [-0.15, -0.1) is 0 Å². The standard InChI is InChI=1S/C44H56N4O10S/c1-23-18-27-10-9-14-48(33(21-59-8)37(45-5)35(27)39(51)40(23)54-7)32(34-24(2)41(58-26(4)50)25(3)42-43(34)57-22-56-42)20-55-44(52)38-36-29(13-15-47(38)16-17-49)30-19-28(53-6)11-12-31(30)46-36/h11-12,18-19,32-33,37-38,45-46,49,51H,9-10,13-17,20-22H2,1-8H3/t32?,33?,37-,38?/m0/s1. The van der Waals surface area contributed by atoms with Crippen molar-refractivity contribution >= 4 is 34.6 Å². The van der Waals surface area contributed by atoms with Crippen LogP contribution in [0.25, 0.3) is 10.9 Å². The first-order valence-corrected chi connectivity index (χ1v) is 21.5. The van der Waals surface area contributed by atoms with E-state index < -0.39 is 24.0 Å². The maximum atomic E-state index is 14.8. The number of phenols is 1. The van der Waals surface area contributed by atoms with E-state index >= 15 is 0 Å². The summed E-state index contributed by atoms with van der Waals surface area (Å²) in [5.74, 6) is 2.30. The number of rotatable bonds is 13. The molecule has 0 aliphatic carbocycles. The van der Waals surface area contributed by atoms with E-state index in [-0.39, 0.29) is 44.4 Å². The third-order valence-corrected chi connectivity index (χ3v) is 12.8. The summed E-state index contributed by atoms with van der Waals surface area (Å²) < 4.78 is 36.0. The number of hydrogen-bond donors (Lipinski definition) is 4. The van der Waals surface area contributed by atoms with Crippen molar-refractivity contribution in [3.63, 3.8) is 0 Å². The fraction of sp³-hybridized carbons (Fsp3) is 0.500. The molecule has 4 N–H and O–H groups in total. The molecule has 3 aliphatic heterocycles. The van der Waals surface area contributed by atoms with Crippen molar-refractivity contribution in [3.05, 3.63) is 68.9 Å². The van der Waals surface area contributed by atoms with Gasteiger partial charge < -0.3 is 48.9 Å². The normalized spacial score (nSPS) is 19.7. The first-order valence-electron chi connectivity index (χ1n) is 20.1. The minimum atomic E-state index is -0.815. The smallest absolute Gasteiger partial charge is 0.329 e. The van der Waals surface area contributed by atoms with Crippen LogP contribution in [-0.4, -0.2) is 116 Å². The van der Waals surface area contributed by atoms with E-state index in [2.05, 4.69) is 21.3 Å². The maximum absolute atomic E-state index is 14.8. The van der Waals surface area contributed by atoms with Gasteiger partial charge in [0.15, 0.2) is 23.0 Å². The highest BCUT2D eigenvalue weighted by Crippen LogP contribution is 2.52. The molecular weight excluding hydrogens is 777 g/mol. The number of aliphatic hydroxyl groups is 1. The van der Waals surface area contributed by atoms with Gasteiger partial charge in [-0.25, -0.2) is 4.79 Å². The average Bonchev–Trinajstić information content (AvgIpc) is 3.85. The zero-order chi connectivity index (χ0) is 42.1. The number of phenolic OH excluding ortho intramolecular Hbond substituents is 1. The molecule has 4 atom stereocenters. The number of hydrogen-bond acceptors (Lipinski definition) is 14. The number of aliphatic hydroxyl groups excluding tert-OH is 1. The van der Waals surface area contributed by atoms with Crippen molar-refractivity contribution in [1.82, 2.24) is 20.1 Å². The van der Waals surface area contributed by atoms with Gasteiger partial charge in [-0.05, 0) is 94.8 Å². The number of nitrogens with one attached hydrogen (secondary N) is 2. The summed E-state index contributed by atoms with van der Waals surface area (Å²) in [7, 11) is 5.08. The largest absolute Gasteiger partial charge is 0.504 e. The first-order chi connectivity index (χ1) is 28.5. The van der Waals surface area contributed by atoms with E-state index in [1.54, 1.807) is 26.0 Å². The molecule has 1 aromatic heterocycles. The maximum Gasteiger partial charge on any atom is 0.329 e. The Balaban J connectivity index is 1.37. The number of H-pyrrole nitrogens is 1. The van der Waals surface area contributed by atoms with Gasteiger partial charge in [0.25, 0.3) is 0 Å². The summed E-state index contributed by atoms with van der Waals surface area (Å²) in [5, 5.41) is 26.5. The van der Waals surface area contributed by atoms with Crippen LogP contribution in [0.2, 0.25) is 0 Å². The number of aromatic amines is 1. The predicted octanol–water partition coefficient (Wildman–Crippen LogP) is 5.59. The highest BCUT2D eigenvalue weighted by atomic mass is 32.2. The van der Waals surface area contributed by atoms with Crippen LogP contribution in [0.4, 0.5) is 0 Å². The summed E-state index contributed by atoms with van der Waals surface area (Å²) in [6.45, 7) is 8.19. The number of thioether (sulfide) groups is 1. The third kappa shape index (κ3) is 7.79. The van der Waals surface area contributed by atoms with E-state index in [0.717, 1.165) is 51.0 Å².